The predicted molar refractivity (Wildman–Crippen MR) is 68.8 cm³/mol. The minimum atomic E-state index is 0.210. The summed E-state index contributed by atoms with van der Waals surface area (Å²) in [6, 6.07) is 14.3. The summed E-state index contributed by atoms with van der Waals surface area (Å²) in [4.78, 5) is 13.6. The van der Waals surface area contributed by atoms with Gasteiger partial charge in [-0.05, 0) is 11.5 Å². The molecular formula is C13H11NOS. The molecule has 2 aromatic rings. The number of thioether (sulfide) groups is 1. The first-order chi connectivity index (χ1) is 7.86. The van der Waals surface area contributed by atoms with Crippen LogP contribution in [0.15, 0.2) is 42.5 Å². The van der Waals surface area contributed by atoms with E-state index in [2.05, 4.69) is 18.2 Å². The van der Waals surface area contributed by atoms with Crippen LogP contribution in [0.3, 0.4) is 0 Å². The van der Waals surface area contributed by atoms with E-state index in [1.54, 1.807) is 11.8 Å². The van der Waals surface area contributed by atoms with Crippen molar-refractivity contribution in [3.05, 3.63) is 42.5 Å². The Balaban J connectivity index is 2.19. The van der Waals surface area contributed by atoms with Gasteiger partial charge in [-0.3, -0.25) is 4.79 Å². The Kier molecular flexibility index (Phi) is 2.33. The van der Waals surface area contributed by atoms with Gasteiger partial charge in [0.15, 0.2) is 0 Å². The van der Waals surface area contributed by atoms with Crippen LogP contribution in [-0.2, 0) is 4.79 Å². The Labute approximate surface area is 98.2 Å². The molecule has 0 spiro atoms. The Morgan fingerprint density at radius 3 is 2.69 bits per heavy atom. The molecule has 3 rings (SSSR count). The maximum atomic E-state index is 11.7. The van der Waals surface area contributed by atoms with Crippen molar-refractivity contribution in [3.63, 3.8) is 0 Å². The number of hydrogen-bond donors (Lipinski definition) is 0. The van der Waals surface area contributed by atoms with Crippen LogP contribution in [0.1, 0.15) is 0 Å². The summed E-state index contributed by atoms with van der Waals surface area (Å²) >= 11 is 1.67. The lowest BCUT2D eigenvalue weighted by Gasteiger charge is -2.17. The standard InChI is InChI=1S/C13H11NOS/c15-13-8-16-9-14(13)12-7-3-5-10-4-1-2-6-11(10)12/h1-7H,8-9H2. The van der Waals surface area contributed by atoms with Crippen molar-refractivity contribution in [2.24, 2.45) is 0 Å². The summed E-state index contributed by atoms with van der Waals surface area (Å²) < 4.78 is 0. The molecular weight excluding hydrogens is 218 g/mol. The number of fused-ring (bicyclic) bond motifs is 1. The van der Waals surface area contributed by atoms with Crippen molar-refractivity contribution >= 4 is 34.1 Å². The number of anilines is 1. The highest BCUT2D eigenvalue weighted by Crippen LogP contribution is 2.30. The molecule has 0 bridgehead atoms. The lowest BCUT2D eigenvalue weighted by atomic mass is 10.1. The van der Waals surface area contributed by atoms with E-state index in [0.717, 1.165) is 17.0 Å². The van der Waals surface area contributed by atoms with E-state index in [-0.39, 0.29) is 5.91 Å². The van der Waals surface area contributed by atoms with Crippen LogP contribution in [0.2, 0.25) is 0 Å². The smallest absolute Gasteiger partial charge is 0.237 e. The van der Waals surface area contributed by atoms with Crippen molar-refractivity contribution in [1.29, 1.82) is 0 Å². The van der Waals surface area contributed by atoms with Gasteiger partial charge in [-0.2, -0.15) is 0 Å². The molecule has 3 heteroatoms. The average molecular weight is 229 g/mol. The molecule has 1 amide bonds. The first-order valence-corrected chi connectivity index (χ1v) is 6.37. The molecule has 0 unspecified atom stereocenters. The lowest BCUT2D eigenvalue weighted by molar-refractivity contribution is -0.115. The highest BCUT2D eigenvalue weighted by atomic mass is 32.2. The van der Waals surface area contributed by atoms with Gasteiger partial charge in [-0.1, -0.05) is 36.4 Å². The minimum Gasteiger partial charge on any atom is -0.301 e. The van der Waals surface area contributed by atoms with Crippen molar-refractivity contribution < 1.29 is 4.79 Å². The zero-order valence-electron chi connectivity index (χ0n) is 8.72. The van der Waals surface area contributed by atoms with Crippen molar-refractivity contribution in [2.75, 3.05) is 16.5 Å². The van der Waals surface area contributed by atoms with Gasteiger partial charge in [0.25, 0.3) is 0 Å². The third-order valence-corrected chi connectivity index (χ3v) is 3.70. The number of amides is 1. The van der Waals surface area contributed by atoms with E-state index in [9.17, 15) is 4.79 Å². The van der Waals surface area contributed by atoms with Gasteiger partial charge in [0.05, 0.1) is 17.3 Å². The van der Waals surface area contributed by atoms with E-state index < -0.39 is 0 Å². The van der Waals surface area contributed by atoms with E-state index in [1.807, 2.05) is 29.2 Å². The Morgan fingerprint density at radius 2 is 1.88 bits per heavy atom. The fourth-order valence-electron chi connectivity index (χ4n) is 2.02. The molecule has 2 nitrogen and oxygen atoms in total. The summed E-state index contributed by atoms with van der Waals surface area (Å²) in [5.41, 5.74) is 1.04. The molecule has 1 fully saturated rings. The summed E-state index contributed by atoms with van der Waals surface area (Å²) in [7, 11) is 0. The predicted octanol–water partition coefficient (Wildman–Crippen LogP) is 2.88. The van der Waals surface area contributed by atoms with E-state index >= 15 is 0 Å². The molecule has 1 aliphatic heterocycles. The highest BCUT2D eigenvalue weighted by Gasteiger charge is 2.23. The van der Waals surface area contributed by atoms with Crippen molar-refractivity contribution in [1.82, 2.24) is 0 Å². The monoisotopic (exact) mass is 229 g/mol. The van der Waals surface area contributed by atoms with Crippen molar-refractivity contribution in [2.45, 2.75) is 0 Å². The van der Waals surface area contributed by atoms with Crippen molar-refractivity contribution in [3.8, 4) is 0 Å². The molecule has 16 heavy (non-hydrogen) atoms. The van der Waals surface area contributed by atoms with Crippen LogP contribution in [0.5, 0.6) is 0 Å². The number of benzene rings is 2. The molecule has 1 heterocycles. The number of carbonyl (C=O) groups excluding carboxylic acids is 1. The van der Waals surface area contributed by atoms with Crippen LogP contribution in [0.4, 0.5) is 5.69 Å². The summed E-state index contributed by atoms with van der Waals surface area (Å²) in [6.07, 6.45) is 0. The molecule has 80 valence electrons. The van der Waals surface area contributed by atoms with Gasteiger partial charge < -0.3 is 4.90 Å². The summed E-state index contributed by atoms with van der Waals surface area (Å²) in [5, 5.41) is 2.34. The molecule has 0 aromatic heterocycles. The maximum absolute atomic E-state index is 11.7. The highest BCUT2D eigenvalue weighted by molar-refractivity contribution is 8.00. The van der Waals surface area contributed by atoms with Gasteiger partial charge in [-0.25, -0.2) is 0 Å². The maximum Gasteiger partial charge on any atom is 0.237 e. The van der Waals surface area contributed by atoms with Crippen LogP contribution in [-0.4, -0.2) is 17.5 Å². The minimum absolute atomic E-state index is 0.210. The first kappa shape index (κ1) is 9.73. The SMILES string of the molecule is O=C1CSCN1c1cccc2ccccc12. The fraction of sp³-hybridized carbons (Fsp3) is 0.154. The molecule has 0 N–H and O–H groups in total. The zero-order chi connectivity index (χ0) is 11.0. The topological polar surface area (TPSA) is 20.3 Å². The first-order valence-electron chi connectivity index (χ1n) is 5.22. The Hall–Kier alpha value is -1.48. The molecule has 1 aliphatic rings. The lowest BCUT2D eigenvalue weighted by Crippen LogP contribution is -2.24. The summed E-state index contributed by atoms with van der Waals surface area (Å²) in [6.45, 7) is 0. The summed E-state index contributed by atoms with van der Waals surface area (Å²) in [5.74, 6) is 1.58. The van der Waals surface area contributed by atoms with Crippen LogP contribution >= 0.6 is 11.8 Å². The van der Waals surface area contributed by atoms with E-state index in [4.69, 9.17) is 0 Å². The zero-order valence-corrected chi connectivity index (χ0v) is 9.54. The third-order valence-electron chi connectivity index (χ3n) is 2.80. The molecule has 0 radical (unpaired) electrons. The quantitative estimate of drug-likeness (QED) is 0.749. The van der Waals surface area contributed by atoms with Crippen LogP contribution in [0.25, 0.3) is 10.8 Å². The number of nitrogens with zero attached hydrogens (tertiary/aromatic N) is 1. The number of carbonyl (C=O) groups is 1. The molecule has 0 saturated carbocycles. The third kappa shape index (κ3) is 1.48. The van der Waals surface area contributed by atoms with E-state index in [0.29, 0.717) is 5.75 Å². The molecule has 0 atom stereocenters. The van der Waals surface area contributed by atoms with Gasteiger partial charge in [0, 0.05) is 5.39 Å². The second-order valence-corrected chi connectivity index (χ2v) is 4.75. The largest absolute Gasteiger partial charge is 0.301 e. The van der Waals surface area contributed by atoms with Gasteiger partial charge in [0.1, 0.15) is 0 Å². The second-order valence-electron chi connectivity index (χ2n) is 3.80. The van der Waals surface area contributed by atoms with Gasteiger partial charge in [-0.15, -0.1) is 11.8 Å². The second kappa shape index (κ2) is 3.83. The van der Waals surface area contributed by atoms with Crippen LogP contribution in [0, 0.1) is 0 Å². The Morgan fingerprint density at radius 1 is 1.06 bits per heavy atom. The van der Waals surface area contributed by atoms with E-state index in [1.165, 1.54) is 5.39 Å². The average Bonchev–Trinajstić information content (AvgIpc) is 2.75. The Bertz CT molecular complexity index is 547. The van der Waals surface area contributed by atoms with Gasteiger partial charge in [0.2, 0.25) is 5.91 Å². The van der Waals surface area contributed by atoms with Crippen LogP contribution < -0.4 is 4.90 Å². The molecule has 1 saturated heterocycles. The fourth-order valence-corrected chi connectivity index (χ4v) is 2.91. The molecule has 0 aliphatic carbocycles. The normalized spacial score (nSPS) is 16.0. The number of rotatable bonds is 1. The number of hydrogen-bond acceptors (Lipinski definition) is 2. The molecule has 2 aromatic carbocycles. The van der Waals surface area contributed by atoms with Gasteiger partial charge >= 0.3 is 0 Å².